The van der Waals surface area contributed by atoms with Gasteiger partial charge < -0.3 is 15.1 Å². The fraction of sp³-hybridized carbons (Fsp3) is 0.591. The Kier molecular flexibility index (Phi) is 8.04. The molecule has 29 heavy (non-hydrogen) atoms. The quantitative estimate of drug-likeness (QED) is 0.564. The zero-order valence-electron chi connectivity index (χ0n) is 17.2. The van der Waals surface area contributed by atoms with Gasteiger partial charge in [0, 0.05) is 38.3 Å². The van der Waals surface area contributed by atoms with Crippen molar-refractivity contribution in [1.29, 1.82) is 0 Å². The molecule has 1 aliphatic heterocycles. The minimum atomic E-state index is -0.566. The second-order valence-corrected chi connectivity index (χ2v) is 8.12. The molecule has 1 amide bonds. The third-order valence-corrected chi connectivity index (χ3v) is 5.61. The lowest BCUT2D eigenvalue weighted by molar-refractivity contribution is -0.154. The summed E-state index contributed by atoms with van der Waals surface area (Å²) in [6.45, 7) is 4.75. The number of amides is 1. The van der Waals surface area contributed by atoms with Crippen molar-refractivity contribution in [2.75, 3.05) is 25.0 Å². The zero-order chi connectivity index (χ0) is 20.5. The molecule has 2 aliphatic rings. The Balaban J connectivity index is 1.45. The van der Waals surface area contributed by atoms with Crippen LogP contribution in [-0.2, 0) is 14.4 Å². The van der Waals surface area contributed by atoms with Crippen LogP contribution in [0.15, 0.2) is 24.4 Å². The van der Waals surface area contributed by atoms with Crippen LogP contribution in [0.4, 0.5) is 5.82 Å². The normalized spacial score (nSPS) is 21.1. The molecule has 1 aromatic rings. The second-order valence-electron chi connectivity index (χ2n) is 8.12. The summed E-state index contributed by atoms with van der Waals surface area (Å²) < 4.78 is 0. The van der Waals surface area contributed by atoms with E-state index in [1.54, 1.807) is 12.3 Å². The van der Waals surface area contributed by atoms with Crippen LogP contribution in [0, 0.1) is 5.92 Å². The van der Waals surface area contributed by atoms with E-state index in [2.05, 4.69) is 20.0 Å². The van der Waals surface area contributed by atoms with Crippen molar-refractivity contribution in [2.24, 2.45) is 5.92 Å². The van der Waals surface area contributed by atoms with Crippen LogP contribution < -0.4 is 10.8 Å². The summed E-state index contributed by atoms with van der Waals surface area (Å²) in [5, 5.41) is 3.56. The fourth-order valence-corrected chi connectivity index (χ4v) is 4.20. The summed E-state index contributed by atoms with van der Waals surface area (Å²) in [7, 11) is 0. The van der Waals surface area contributed by atoms with E-state index in [1.165, 1.54) is 71.0 Å². The lowest BCUT2D eigenvalue weighted by Crippen LogP contribution is -2.44. The molecular formula is C22H32N4O3. The molecule has 2 N–H and O–H groups in total. The Morgan fingerprint density at radius 3 is 2.76 bits per heavy atom. The van der Waals surface area contributed by atoms with Crippen LogP contribution in [-0.4, -0.2) is 47.4 Å². The SMILES string of the molecule is CC(=O)ONC(=O)/C=C/c1ccc(N[C@@H]2CCCN(CC3CCCCC3)C2)nc1. The lowest BCUT2D eigenvalue weighted by atomic mass is 9.88. The second kappa shape index (κ2) is 11.0. The summed E-state index contributed by atoms with van der Waals surface area (Å²) in [5.74, 6) is 0.673. The van der Waals surface area contributed by atoms with Crippen LogP contribution in [0.25, 0.3) is 6.08 Å². The average Bonchev–Trinajstić information content (AvgIpc) is 2.73. The van der Waals surface area contributed by atoms with Crippen molar-refractivity contribution in [1.82, 2.24) is 15.4 Å². The van der Waals surface area contributed by atoms with Gasteiger partial charge in [0.15, 0.2) is 0 Å². The van der Waals surface area contributed by atoms with Crippen molar-refractivity contribution in [2.45, 2.75) is 57.9 Å². The number of nitrogens with one attached hydrogen (secondary N) is 2. The molecule has 0 radical (unpaired) electrons. The van der Waals surface area contributed by atoms with Crippen molar-refractivity contribution in [3.63, 3.8) is 0 Å². The maximum atomic E-state index is 11.5. The Labute approximate surface area is 172 Å². The largest absolute Gasteiger partial charge is 0.366 e. The molecule has 1 saturated heterocycles. The molecule has 1 saturated carbocycles. The molecule has 1 aromatic heterocycles. The first kappa shape index (κ1) is 21.3. The molecule has 7 nitrogen and oxygen atoms in total. The van der Waals surface area contributed by atoms with Gasteiger partial charge in [-0.1, -0.05) is 19.3 Å². The minimum absolute atomic E-state index is 0.427. The highest BCUT2D eigenvalue weighted by Crippen LogP contribution is 2.26. The first-order chi connectivity index (χ1) is 14.1. The Morgan fingerprint density at radius 1 is 1.21 bits per heavy atom. The zero-order valence-corrected chi connectivity index (χ0v) is 17.2. The first-order valence-electron chi connectivity index (χ1n) is 10.7. The summed E-state index contributed by atoms with van der Waals surface area (Å²) in [5.41, 5.74) is 2.84. The van der Waals surface area contributed by atoms with Gasteiger partial charge in [-0.25, -0.2) is 4.98 Å². The van der Waals surface area contributed by atoms with E-state index >= 15 is 0 Å². The lowest BCUT2D eigenvalue weighted by Gasteiger charge is -2.36. The maximum absolute atomic E-state index is 11.5. The van der Waals surface area contributed by atoms with E-state index in [-0.39, 0.29) is 0 Å². The van der Waals surface area contributed by atoms with Crippen LogP contribution in [0.2, 0.25) is 0 Å². The van der Waals surface area contributed by atoms with Crippen molar-refractivity contribution >= 4 is 23.8 Å². The number of carbonyl (C=O) groups excluding carboxylic acids is 2. The van der Waals surface area contributed by atoms with Crippen molar-refractivity contribution in [3.05, 3.63) is 30.0 Å². The molecule has 0 bridgehead atoms. The van der Waals surface area contributed by atoms with Crippen molar-refractivity contribution < 1.29 is 14.4 Å². The number of nitrogens with zero attached hydrogens (tertiary/aromatic N) is 2. The molecule has 0 unspecified atom stereocenters. The van der Waals surface area contributed by atoms with Gasteiger partial charge in [-0.15, -0.1) is 0 Å². The highest BCUT2D eigenvalue weighted by atomic mass is 16.7. The van der Waals surface area contributed by atoms with Crippen molar-refractivity contribution in [3.8, 4) is 0 Å². The van der Waals surface area contributed by atoms with Gasteiger partial charge in [-0.2, -0.15) is 5.48 Å². The number of aromatic nitrogens is 1. The molecule has 158 valence electrons. The molecule has 0 spiro atoms. The summed E-state index contributed by atoms with van der Waals surface area (Å²) in [6, 6.07) is 4.27. The fourth-order valence-electron chi connectivity index (χ4n) is 4.20. The molecule has 1 aliphatic carbocycles. The third kappa shape index (κ3) is 7.49. The smallest absolute Gasteiger partial charge is 0.329 e. The van der Waals surface area contributed by atoms with Gasteiger partial charge in [-0.3, -0.25) is 9.59 Å². The monoisotopic (exact) mass is 400 g/mol. The van der Waals surface area contributed by atoms with E-state index in [1.807, 2.05) is 17.6 Å². The molecule has 0 aromatic carbocycles. The molecular weight excluding hydrogens is 368 g/mol. The van der Waals surface area contributed by atoms with Crippen LogP contribution in [0.3, 0.4) is 0 Å². The van der Waals surface area contributed by atoms with Gasteiger partial charge in [0.1, 0.15) is 5.82 Å². The van der Waals surface area contributed by atoms with E-state index in [0.29, 0.717) is 6.04 Å². The van der Waals surface area contributed by atoms with Crippen LogP contribution >= 0.6 is 0 Å². The Hall–Kier alpha value is -2.41. The van der Waals surface area contributed by atoms with E-state index < -0.39 is 11.9 Å². The number of piperidine rings is 1. The van der Waals surface area contributed by atoms with E-state index in [4.69, 9.17) is 0 Å². The van der Waals surface area contributed by atoms with Gasteiger partial charge in [-0.05, 0) is 61.9 Å². The first-order valence-corrected chi connectivity index (χ1v) is 10.7. The Morgan fingerprint density at radius 2 is 2.03 bits per heavy atom. The highest BCUT2D eigenvalue weighted by Gasteiger charge is 2.23. The minimum Gasteiger partial charge on any atom is -0.366 e. The number of carbonyl (C=O) groups is 2. The Bertz CT molecular complexity index is 699. The van der Waals surface area contributed by atoms with E-state index in [0.717, 1.165) is 23.8 Å². The average molecular weight is 401 g/mol. The molecule has 3 rings (SSSR count). The summed E-state index contributed by atoms with van der Waals surface area (Å²) in [4.78, 5) is 33.7. The molecule has 1 atom stereocenters. The number of hydrogen-bond donors (Lipinski definition) is 2. The van der Waals surface area contributed by atoms with Crippen LogP contribution in [0.1, 0.15) is 57.4 Å². The summed E-state index contributed by atoms with van der Waals surface area (Å²) >= 11 is 0. The standard InChI is InChI=1S/C22H32N4O3/c1-17(27)29-25-22(28)12-10-18-9-11-21(23-14-18)24-20-8-5-13-26(16-20)15-19-6-3-2-4-7-19/h9-12,14,19-20H,2-8,13,15-16H2,1H3,(H,23,24)(H,25,28)/b12-10+/t20-/m1/s1. The van der Waals surface area contributed by atoms with Gasteiger partial charge in [0.25, 0.3) is 5.91 Å². The summed E-state index contributed by atoms with van der Waals surface area (Å²) in [6.07, 6.45) is 14.0. The number of hydrogen-bond acceptors (Lipinski definition) is 6. The predicted octanol–water partition coefficient (Wildman–Crippen LogP) is 3.15. The number of pyridine rings is 1. The topological polar surface area (TPSA) is 83.6 Å². The van der Waals surface area contributed by atoms with Gasteiger partial charge in [0.05, 0.1) is 0 Å². The number of anilines is 1. The number of hydroxylamine groups is 1. The molecule has 7 heteroatoms. The number of rotatable bonds is 6. The predicted molar refractivity (Wildman–Crippen MR) is 113 cm³/mol. The van der Waals surface area contributed by atoms with Gasteiger partial charge >= 0.3 is 5.97 Å². The third-order valence-electron chi connectivity index (χ3n) is 5.61. The molecule has 2 heterocycles. The van der Waals surface area contributed by atoms with E-state index in [9.17, 15) is 9.59 Å². The number of likely N-dealkylation sites (tertiary alicyclic amines) is 1. The molecule has 2 fully saturated rings. The maximum Gasteiger partial charge on any atom is 0.329 e. The highest BCUT2D eigenvalue weighted by molar-refractivity contribution is 5.91. The van der Waals surface area contributed by atoms with Crippen LogP contribution in [0.5, 0.6) is 0 Å². The van der Waals surface area contributed by atoms with Gasteiger partial charge in [0.2, 0.25) is 0 Å².